The van der Waals surface area contributed by atoms with Gasteiger partial charge in [0.05, 0.1) is 10.8 Å². The zero-order valence-electron chi connectivity index (χ0n) is 15.9. The van der Waals surface area contributed by atoms with Crippen LogP contribution in [0.5, 0.6) is 0 Å². The van der Waals surface area contributed by atoms with Crippen LogP contribution in [-0.2, 0) is 14.8 Å². The van der Waals surface area contributed by atoms with Gasteiger partial charge in [-0.3, -0.25) is 14.5 Å². The molecule has 1 heterocycles. The first-order valence-electron chi connectivity index (χ1n) is 9.51. The minimum absolute atomic E-state index is 0.103. The fourth-order valence-electron chi connectivity index (χ4n) is 3.23. The number of benzene rings is 2. The Hall–Kier alpha value is -2.67. The number of nitrogens with zero attached hydrogens (tertiary/aromatic N) is 1. The van der Waals surface area contributed by atoms with Crippen LogP contribution < -0.4 is 10.0 Å². The Bertz CT molecular complexity index is 956. The zero-order chi connectivity index (χ0) is 20.0. The first-order valence-corrected chi connectivity index (χ1v) is 11.0. The van der Waals surface area contributed by atoms with Gasteiger partial charge in [0, 0.05) is 18.7 Å². The number of hydrogen-bond acceptors (Lipinski definition) is 4. The second-order valence-electron chi connectivity index (χ2n) is 6.81. The van der Waals surface area contributed by atoms with E-state index in [4.69, 9.17) is 0 Å². The van der Waals surface area contributed by atoms with Gasteiger partial charge in [0.15, 0.2) is 0 Å². The number of rotatable bonds is 7. The molecule has 6 nitrogen and oxygen atoms in total. The smallest absolute Gasteiger partial charge is 0.262 e. The Labute approximate surface area is 166 Å². The van der Waals surface area contributed by atoms with E-state index in [0.29, 0.717) is 24.5 Å². The first kappa shape index (κ1) is 20.1. The normalized spacial score (nSPS) is 15.0. The van der Waals surface area contributed by atoms with Crippen molar-refractivity contribution in [1.82, 2.24) is 4.72 Å². The first-order chi connectivity index (χ1) is 13.5. The third-order valence-corrected chi connectivity index (χ3v) is 6.01. The highest BCUT2D eigenvalue weighted by molar-refractivity contribution is 7.90. The molecule has 0 radical (unpaired) electrons. The number of nitrogens with one attached hydrogen (secondary N) is 2. The van der Waals surface area contributed by atoms with Crippen molar-refractivity contribution in [2.75, 3.05) is 11.9 Å². The van der Waals surface area contributed by atoms with Crippen molar-refractivity contribution in [2.24, 2.45) is 4.99 Å². The highest BCUT2D eigenvalue weighted by atomic mass is 32.2. The van der Waals surface area contributed by atoms with Gasteiger partial charge in [0.25, 0.3) is 10.0 Å². The summed E-state index contributed by atoms with van der Waals surface area (Å²) in [6, 6.07) is 15.9. The maximum absolute atomic E-state index is 12.8. The van der Waals surface area contributed by atoms with Crippen molar-refractivity contribution in [1.29, 1.82) is 0 Å². The predicted octanol–water partition coefficient (Wildman–Crippen LogP) is 3.68. The van der Waals surface area contributed by atoms with Gasteiger partial charge in [0.2, 0.25) is 5.91 Å². The molecule has 1 unspecified atom stereocenters. The van der Waals surface area contributed by atoms with E-state index in [1.165, 1.54) is 12.1 Å². The molecule has 0 fully saturated rings. The molecule has 1 amide bonds. The van der Waals surface area contributed by atoms with Gasteiger partial charge in [-0.1, -0.05) is 49.7 Å². The molecule has 0 saturated carbocycles. The lowest BCUT2D eigenvalue weighted by Gasteiger charge is -2.17. The Morgan fingerprint density at radius 3 is 2.61 bits per heavy atom. The van der Waals surface area contributed by atoms with Crippen LogP contribution in [0.25, 0.3) is 0 Å². The second-order valence-corrected chi connectivity index (χ2v) is 8.49. The van der Waals surface area contributed by atoms with Crippen LogP contribution >= 0.6 is 0 Å². The quantitative estimate of drug-likeness (QED) is 0.744. The molecule has 0 bridgehead atoms. The predicted molar refractivity (Wildman–Crippen MR) is 111 cm³/mol. The molecule has 7 heteroatoms. The summed E-state index contributed by atoms with van der Waals surface area (Å²) in [7, 11) is -3.72. The second kappa shape index (κ2) is 9.01. The van der Waals surface area contributed by atoms with Crippen LogP contribution in [-0.4, -0.2) is 26.7 Å². The fourth-order valence-corrected chi connectivity index (χ4v) is 4.36. The molecule has 148 valence electrons. The maximum atomic E-state index is 12.8. The van der Waals surface area contributed by atoms with E-state index in [1.807, 2.05) is 37.3 Å². The number of amidine groups is 1. The van der Waals surface area contributed by atoms with Gasteiger partial charge in [-0.15, -0.1) is 0 Å². The summed E-state index contributed by atoms with van der Waals surface area (Å²) in [5, 5.41) is 2.87. The van der Waals surface area contributed by atoms with E-state index < -0.39 is 10.0 Å². The molecule has 1 atom stereocenters. The minimum atomic E-state index is -3.72. The number of anilines is 1. The Kier molecular flexibility index (Phi) is 6.46. The van der Waals surface area contributed by atoms with E-state index in [1.54, 1.807) is 12.1 Å². The summed E-state index contributed by atoms with van der Waals surface area (Å²) < 4.78 is 27.7. The van der Waals surface area contributed by atoms with Gasteiger partial charge in [0.1, 0.15) is 5.84 Å². The summed E-state index contributed by atoms with van der Waals surface area (Å²) in [6.07, 6.45) is 3.07. The third-order valence-electron chi connectivity index (χ3n) is 4.63. The van der Waals surface area contributed by atoms with Gasteiger partial charge < -0.3 is 5.32 Å². The summed E-state index contributed by atoms with van der Waals surface area (Å²) in [5.74, 6) is 0.0645. The lowest BCUT2D eigenvalue weighted by Crippen LogP contribution is -2.29. The molecule has 1 aliphatic heterocycles. The molecular formula is C21H25N3O3S. The topological polar surface area (TPSA) is 87.6 Å². The van der Waals surface area contributed by atoms with Crippen LogP contribution in [0.2, 0.25) is 0 Å². The van der Waals surface area contributed by atoms with Gasteiger partial charge >= 0.3 is 0 Å². The Morgan fingerprint density at radius 1 is 1.14 bits per heavy atom. The SMILES string of the molecule is CCCC(C(=O)Nc1cccc(S(=O)(=O)NC2=NCCC2)c1)c1ccccc1. The van der Waals surface area contributed by atoms with Crippen molar-refractivity contribution >= 4 is 27.5 Å². The molecule has 2 N–H and O–H groups in total. The standard InChI is InChI=1S/C21H25N3O3S/c1-2-8-19(16-9-4-3-5-10-16)21(25)23-17-11-6-12-18(15-17)28(26,27)24-20-13-7-14-22-20/h3-6,9-12,15,19H,2,7-8,13-14H2,1H3,(H,22,24)(H,23,25). The van der Waals surface area contributed by atoms with Crippen LogP contribution in [0, 0.1) is 0 Å². The highest BCUT2D eigenvalue weighted by Crippen LogP contribution is 2.24. The van der Waals surface area contributed by atoms with Gasteiger partial charge in [-0.25, -0.2) is 8.42 Å². The lowest BCUT2D eigenvalue weighted by atomic mass is 9.93. The third kappa shape index (κ3) is 4.98. The number of hydrogen-bond donors (Lipinski definition) is 2. The van der Waals surface area contributed by atoms with E-state index in [0.717, 1.165) is 24.8 Å². The molecule has 2 aromatic carbocycles. The van der Waals surface area contributed by atoms with E-state index in [2.05, 4.69) is 15.0 Å². The molecule has 0 saturated heterocycles. The molecule has 1 aliphatic rings. The number of sulfonamides is 1. The molecule has 0 aliphatic carbocycles. The molecule has 0 aromatic heterocycles. The van der Waals surface area contributed by atoms with Gasteiger partial charge in [-0.2, -0.15) is 0 Å². The molecule has 3 rings (SSSR count). The minimum Gasteiger partial charge on any atom is -0.326 e. The Balaban J connectivity index is 1.77. The lowest BCUT2D eigenvalue weighted by molar-refractivity contribution is -0.117. The van der Waals surface area contributed by atoms with Crippen LogP contribution in [0.3, 0.4) is 0 Å². The monoisotopic (exact) mass is 399 g/mol. The van der Waals surface area contributed by atoms with Crippen LogP contribution in [0.15, 0.2) is 64.5 Å². The summed E-state index contributed by atoms with van der Waals surface area (Å²) >= 11 is 0. The highest BCUT2D eigenvalue weighted by Gasteiger charge is 2.22. The number of amides is 1. The average Bonchev–Trinajstić information content (AvgIpc) is 3.19. The number of carbonyl (C=O) groups excluding carboxylic acids is 1. The zero-order valence-corrected chi connectivity index (χ0v) is 16.7. The largest absolute Gasteiger partial charge is 0.326 e. The maximum Gasteiger partial charge on any atom is 0.262 e. The Morgan fingerprint density at radius 2 is 1.93 bits per heavy atom. The average molecular weight is 400 g/mol. The van der Waals surface area contributed by atoms with Crippen molar-refractivity contribution < 1.29 is 13.2 Å². The summed E-state index contributed by atoms with van der Waals surface area (Å²) in [4.78, 5) is 17.1. The van der Waals surface area contributed by atoms with E-state index >= 15 is 0 Å². The van der Waals surface area contributed by atoms with Crippen LogP contribution in [0.4, 0.5) is 5.69 Å². The number of aliphatic imine (C=N–C) groups is 1. The summed E-state index contributed by atoms with van der Waals surface area (Å²) in [6.45, 7) is 2.68. The fraction of sp³-hybridized carbons (Fsp3) is 0.333. The number of carbonyl (C=O) groups is 1. The van der Waals surface area contributed by atoms with Crippen molar-refractivity contribution in [3.63, 3.8) is 0 Å². The van der Waals surface area contributed by atoms with Crippen molar-refractivity contribution in [2.45, 2.75) is 43.4 Å². The van der Waals surface area contributed by atoms with Crippen molar-refractivity contribution in [3.05, 3.63) is 60.2 Å². The summed E-state index contributed by atoms with van der Waals surface area (Å²) in [5.41, 5.74) is 1.41. The molecular weight excluding hydrogens is 374 g/mol. The van der Waals surface area contributed by atoms with Crippen molar-refractivity contribution in [3.8, 4) is 0 Å². The van der Waals surface area contributed by atoms with Crippen LogP contribution in [0.1, 0.15) is 44.1 Å². The van der Waals surface area contributed by atoms with Gasteiger partial charge in [-0.05, 0) is 36.6 Å². The molecule has 0 spiro atoms. The van der Waals surface area contributed by atoms with E-state index in [9.17, 15) is 13.2 Å². The van der Waals surface area contributed by atoms with E-state index in [-0.39, 0.29) is 16.7 Å². The molecule has 2 aromatic rings. The molecule has 28 heavy (non-hydrogen) atoms.